The van der Waals surface area contributed by atoms with Gasteiger partial charge in [0.2, 0.25) is 0 Å². The predicted octanol–water partition coefficient (Wildman–Crippen LogP) is 0.358. The molecular weight excluding hydrogens is 337 g/mol. The minimum absolute atomic E-state index is 0.100. The third-order valence-corrected chi connectivity index (χ3v) is 4.15. The van der Waals surface area contributed by atoms with Crippen molar-refractivity contribution < 1.29 is 24.2 Å². The van der Waals surface area contributed by atoms with Crippen molar-refractivity contribution >= 4 is 24.6 Å². The molecule has 10 nitrogen and oxygen atoms in total. The maximum atomic E-state index is 10.8. The number of aliphatic hydroxyl groups excluding tert-OH is 1. The van der Waals surface area contributed by atoms with Crippen LogP contribution in [0, 0.1) is 0 Å². The van der Waals surface area contributed by atoms with Gasteiger partial charge >= 0.3 is 7.60 Å². The lowest BCUT2D eigenvalue weighted by atomic mass is 10.2. The monoisotopic (exact) mass is 359 g/mol. The summed E-state index contributed by atoms with van der Waals surface area (Å²) in [5.74, 6) is 0.704. The molecule has 0 aromatic carbocycles. The first-order chi connectivity index (χ1) is 11.4. The van der Waals surface area contributed by atoms with Gasteiger partial charge in [0.25, 0.3) is 0 Å². The number of aromatic nitrogens is 4. The van der Waals surface area contributed by atoms with E-state index in [1.54, 1.807) is 10.9 Å². The van der Waals surface area contributed by atoms with Crippen LogP contribution in [0.4, 0.5) is 5.82 Å². The van der Waals surface area contributed by atoms with E-state index in [0.29, 0.717) is 23.4 Å². The third kappa shape index (κ3) is 4.49. The second-order valence-corrected chi connectivity index (χ2v) is 6.95. The van der Waals surface area contributed by atoms with Crippen LogP contribution in [0.15, 0.2) is 12.7 Å². The lowest BCUT2D eigenvalue weighted by Crippen LogP contribution is -2.18. The SMILES string of the molecule is CCN(C)c1ncnc2c1ncn2C(CO)CCOCP(=O)(O)O. The van der Waals surface area contributed by atoms with Crippen LogP contribution in [0.1, 0.15) is 19.4 Å². The summed E-state index contributed by atoms with van der Waals surface area (Å²) in [7, 11) is -2.28. The van der Waals surface area contributed by atoms with E-state index in [9.17, 15) is 9.67 Å². The Morgan fingerprint density at radius 2 is 2.12 bits per heavy atom. The van der Waals surface area contributed by atoms with Gasteiger partial charge in [0.05, 0.1) is 19.0 Å². The van der Waals surface area contributed by atoms with E-state index in [-0.39, 0.29) is 19.3 Å². The maximum absolute atomic E-state index is 10.8. The van der Waals surface area contributed by atoms with Crippen molar-refractivity contribution in [2.75, 3.05) is 38.1 Å². The molecular formula is C13H22N5O5P. The van der Waals surface area contributed by atoms with Gasteiger partial charge in [-0.05, 0) is 13.3 Å². The summed E-state index contributed by atoms with van der Waals surface area (Å²) in [5, 5.41) is 9.63. The van der Waals surface area contributed by atoms with E-state index in [4.69, 9.17) is 14.5 Å². The van der Waals surface area contributed by atoms with Crippen LogP contribution in [0.25, 0.3) is 11.2 Å². The van der Waals surface area contributed by atoms with E-state index in [2.05, 4.69) is 15.0 Å². The molecule has 0 spiro atoms. The highest BCUT2D eigenvalue weighted by molar-refractivity contribution is 7.51. The molecule has 2 aromatic rings. The Balaban J connectivity index is 2.16. The van der Waals surface area contributed by atoms with Crippen LogP contribution in [-0.2, 0) is 9.30 Å². The van der Waals surface area contributed by atoms with E-state index >= 15 is 0 Å². The number of anilines is 1. The van der Waals surface area contributed by atoms with Gasteiger partial charge in [-0.15, -0.1) is 0 Å². The number of rotatable bonds is 9. The van der Waals surface area contributed by atoms with Gasteiger partial charge < -0.3 is 29.1 Å². The number of aliphatic hydroxyl groups is 1. The lowest BCUT2D eigenvalue weighted by molar-refractivity contribution is 0.127. The molecule has 0 fully saturated rings. The minimum Gasteiger partial charge on any atom is -0.394 e. The fourth-order valence-electron chi connectivity index (χ4n) is 2.26. The van der Waals surface area contributed by atoms with E-state index in [1.165, 1.54) is 6.33 Å². The largest absolute Gasteiger partial charge is 0.394 e. The third-order valence-electron chi connectivity index (χ3n) is 3.63. The molecule has 0 saturated heterocycles. The van der Waals surface area contributed by atoms with Crippen LogP contribution in [-0.4, -0.2) is 67.6 Å². The molecule has 24 heavy (non-hydrogen) atoms. The number of nitrogens with zero attached hydrogens (tertiary/aromatic N) is 5. The van der Waals surface area contributed by atoms with Gasteiger partial charge in [-0.25, -0.2) is 15.0 Å². The molecule has 2 aromatic heterocycles. The Bertz CT molecular complexity index is 718. The van der Waals surface area contributed by atoms with Crippen molar-refractivity contribution in [1.29, 1.82) is 0 Å². The van der Waals surface area contributed by atoms with Gasteiger partial charge in [-0.2, -0.15) is 0 Å². The topological polar surface area (TPSA) is 134 Å². The average Bonchev–Trinajstić information content (AvgIpc) is 2.97. The Kier molecular flexibility index (Phi) is 6.25. The van der Waals surface area contributed by atoms with Crippen LogP contribution < -0.4 is 4.90 Å². The molecule has 11 heteroatoms. The number of ether oxygens (including phenoxy) is 1. The molecule has 0 bridgehead atoms. The quantitative estimate of drug-likeness (QED) is 0.428. The Labute approximate surface area is 139 Å². The zero-order valence-electron chi connectivity index (χ0n) is 13.6. The van der Waals surface area contributed by atoms with Crippen LogP contribution in [0.2, 0.25) is 0 Å². The highest BCUT2D eigenvalue weighted by Gasteiger charge is 2.19. The molecule has 0 amide bonds. The molecule has 0 aliphatic carbocycles. The van der Waals surface area contributed by atoms with Crippen molar-refractivity contribution in [3.63, 3.8) is 0 Å². The first-order valence-electron chi connectivity index (χ1n) is 7.49. The molecule has 3 N–H and O–H groups in total. The van der Waals surface area contributed by atoms with Gasteiger partial charge in [0.1, 0.15) is 12.7 Å². The summed E-state index contributed by atoms with van der Waals surface area (Å²) in [6.45, 7) is 2.69. The van der Waals surface area contributed by atoms with Crippen LogP contribution >= 0.6 is 7.60 Å². The molecule has 0 aliphatic rings. The van der Waals surface area contributed by atoms with Crippen molar-refractivity contribution in [1.82, 2.24) is 19.5 Å². The van der Waals surface area contributed by atoms with Gasteiger partial charge in [-0.1, -0.05) is 0 Å². The predicted molar refractivity (Wildman–Crippen MR) is 87.9 cm³/mol. The molecule has 1 unspecified atom stereocenters. The summed E-state index contributed by atoms with van der Waals surface area (Å²) in [6, 6.07) is -0.360. The summed E-state index contributed by atoms with van der Waals surface area (Å²) >= 11 is 0. The first-order valence-corrected chi connectivity index (χ1v) is 9.29. The first kappa shape index (κ1) is 18.8. The number of hydrogen-bond donors (Lipinski definition) is 3. The summed E-state index contributed by atoms with van der Waals surface area (Å²) in [6.07, 6.45) is 2.76. The zero-order valence-corrected chi connectivity index (χ0v) is 14.5. The molecule has 1 atom stereocenters. The van der Waals surface area contributed by atoms with Gasteiger partial charge in [0.15, 0.2) is 17.0 Å². The minimum atomic E-state index is -4.18. The molecule has 0 aliphatic heterocycles. The van der Waals surface area contributed by atoms with E-state index < -0.39 is 13.9 Å². The zero-order chi connectivity index (χ0) is 17.7. The number of hydrogen-bond acceptors (Lipinski definition) is 7. The fourth-order valence-corrected chi connectivity index (χ4v) is 2.62. The highest BCUT2D eigenvalue weighted by Crippen LogP contribution is 2.34. The van der Waals surface area contributed by atoms with Gasteiger partial charge in [0, 0.05) is 20.2 Å². The molecule has 134 valence electrons. The molecule has 2 heterocycles. The highest BCUT2D eigenvalue weighted by atomic mass is 31.2. The summed E-state index contributed by atoms with van der Waals surface area (Å²) in [4.78, 5) is 32.3. The Morgan fingerprint density at radius 3 is 2.75 bits per heavy atom. The maximum Gasteiger partial charge on any atom is 0.350 e. The summed E-state index contributed by atoms with van der Waals surface area (Å²) < 4.78 is 17.5. The molecule has 0 radical (unpaired) electrons. The van der Waals surface area contributed by atoms with E-state index in [0.717, 1.165) is 6.54 Å². The smallest absolute Gasteiger partial charge is 0.350 e. The van der Waals surface area contributed by atoms with Crippen molar-refractivity contribution in [2.45, 2.75) is 19.4 Å². The average molecular weight is 359 g/mol. The lowest BCUT2D eigenvalue weighted by Gasteiger charge is -2.18. The second kappa shape index (κ2) is 8.00. The Morgan fingerprint density at radius 1 is 1.38 bits per heavy atom. The van der Waals surface area contributed by atoms with Crippen molar-refractivity contribution in [2.24, 2.45) is 0 Å². The fraction of sp³-hybridized carbons (Fsp3) is 0.615. The van der Waals surface area contributed by atoms with E-state index in [1.807, 2.05) is 18.9 Å². The van der Waals surface area contributed by atoms with Crippen LogP contribution in [0.5, 0.6) is 0 Å². The van der Waals surface area contributed by atoms with Crippen molar-refractivity contribution in [3.05, 3.63) is 12.7 Å². The standard InChI is InChI=1S/C13H22N5O5P/c1-3-17(2)12-11-13(15-7-14-12)18(8-16-11)10(6-19)4-5-23-9-24(20,21)22/h7-8,10,19H,3-6,9H2,1-2H3,(H2,20,21,22). The summed E-state index contributed by atoms with van der Waals surface area (Å²) in [5.41, 5.74) is 1.23. The number of imidazole rings is 1. The molecule has 2 rings (SSSR count). The normalized spacial score (nSPS) is 13.4. The number of fused-ring (bicyclic) bond motifs is 1. The van der Waals surface area contributed by atoms with Gasteiger partial charge in [-0.3, -0.25) is 4.57 Å². The van der Waals surface area contributed by atoms with Crippen LogP contribution in [0.3, 0.4) is 0 Å². The van der Waals surface area contributed by atoms with Crippen molar-refractivity contribution in [3.8, 4) is 0 Å². The Hall–Kier alpha value is -1.58. The second-order valence-electron chi connectivity index (χ2n) is 5.36. The molecule has 0 saturated carbocycles.